The molecule has 1 saturated heterocycles. The molecule has 1 unspecified atom stereocenters. The molecule has 98 valence electrons. The molecule has 1 aromatic heterocycles. The Morgan fingerprint density at radius 1 is 1.61 bits per heavy atom. The Labute approximate surface area is 104 Å². The highest BCUT2D eigenvalue weighted by Gasteiger charge is 2.19. The standard InChI is InChI=1S/C11H15N3O4/c15-10(4-9-2-1-3-18-9)13-8-5-12-14(6-8)7-11(16)17/h5-6,9H,1-4,7H2,(H,13,15)(H,16,17). The van der Waals surface area contributed by atoms with E-state index in [2.05, 4.69) is 10.4 Å². The van der Waals surface area contributed by atoms with Crippen molar-refractivity contribution in [3.8, 4) is 0 Å². The molecule has 1 aliphatic heterocycles. The number of hydrogen-bond acceptors (Lipinski definition) is 4. The number of carboxylic acid groups (broad SMARTS) is 1. The van der Waals surface area contributed by atoms with Crippen molar-refractivity contribution < 1.29 is 19.4 Å². The fraction of sp³-hybridized carbons (Fsp3) is 0.545. The predicted molar refractivity (Wildman–Crippen MR) is 62.1 cm³/mol. The molecule has 0 aliphatic carbocycles. The van der Waals surface area contributed by atoms with Crippen molar-refractivity contribution in [3.63, 3.8) is 0 Å². The van der Waals surface area contributed by atoms with E-state index in [0.29, 0.717) is 18.7 Å². The van der Waals surface area contributed by atoms with Gasteiger partial charge in [0.1, 0.15) is 6.54 Å². The molecule has 0 bridgehead atoms. The second kappa shape index (κ2) is 5.63. The number of aliphatic carboxylic acids is 1. The van der Waals surface area contributed by atoms with Gasteiger partial charge in [-0.05, 0) is 12.8 Å². The van der Waals surface area contributed by atoms with Gasteiger partial charge in [-0.1, -0.05) is 0 Å². The van der Waals surface area contributed by atoms with Crippen molar-refractivity contribution in [1.82, 2.24) is 9.78 Å². The number of ether oxygens (including phenoxy) is 1. The minimum atomic E-state index is -0.977. The number of aromatic nitrogens is 2. The maximum atomic E-state index is 11.7. The van der Waals surface area contributed by atoms with Crippen molar-refractivity contribution in [2.24, 2.45) is 0 Å². The van der Waals surface area contributed by atoms with Gasteiger partial charge in [-0.15, -0.1) is 0 Å². The fourth-order valence-corrected chi connectivity index (χ4v) is 1.88. The lowest BCUT2D eigenvalue weighted by Crippen LogP contribution is -2.19. The largest absolute Gasteiger partial charge is 0.480 e. The molecule has 0 spiro atoms. The molecule has 7 nitrogen and oxygen atoms in total. The van der Waals surface area contributed by atoms with E-state index in [-0.39, 0.29) is 18.6 Å². The normalized spacial score (nSPS) is 18.8. The second-order valence-electron chi connectivity index (χ2n) is 4.21. The Morgan fingerprint density at radius 3 is 3.11 bits per heavy atom. The SMILES string of the molecule is O=C(O)Cn1cc(NC(=O)CC2CCCO2)cn1. The number of rotatable bonds is 5. The first-order valence-corrected chi connectivity index (χ1v) is 5.79. The number of carboxylic acids is 1. The summed E-state index contributed by atoms with van der Waals surface area (Å²) in [6, 6.07) is 0. The smallest absolute Gasteiger partial charge is 0.325 e. The minimum absolute atomic E-state index is 0.000866. The molecular formula is C11H15N3O4. The van der Waals surface area contributed by atoms with Crippen molar-refractivity contribution in [2.75, 3.05) is 11.9 Å². The number of nitrogens with zero attached hydrogens (tertiary/aromatic N) is 2. The first-order valence-electron chi connectivity index (χ1n) is 5.79. The van der Waals surface area contributed by atoms with Gasteiger partial charge < -0.3 is 15.2 Å². The molecule has 2 N–H and O–H groups in total. The molecule has 1 amide bonds. The maximum absolute atomic E-state index is 11.7. The van der Waals surface area contributed by atoms with Gasteiger partial charge in [-0.2, -0.15) is 5.10 Å². The highest BCUT2D eigenvalue weighted by Crippen LogP contribution is 2.16. The summed E-state index contributed by atoms with van der Waals surface area (Å²) in [5, 5.41) is 15.1. The molecule has 0 radical (unpaired) electrons. The average Bonchev–Trinajstić information content (AvgIpc) is 2.89. The van der Waals surface area contributed by atoms with Crippen molar-refractivity contribution in [2.45, 2.75) is 31.9 Å². The fourth-order valence-electron chi connectivity index (χ4n) is 1.88. The van der Waals surface area contributed by atoms with E-state index in [9.17, 15) is 9.59 Å². The van der Waals surface area contributed by atoms with Crippen molar-refractivity contribution in [3.05, 3.63) is 12.4 Å². The number of carbonyl (C=O) groups is 2. The van der Waals surface area contributed by atoms with Crippen LogP contribution in [-0.2, 0) is 20.9 Å². The molecule has 1 atom stereocenters. The molecule has 1 fully saturated rings. The summed E-state index contributed by atoms with van der Waals surface area (Å²) >= 11 is 0. The molecule has 18 heavy (non-hydrogen) atoms. The van der Waals surface area contributed by atoms with Gasteiger partial charge in [-0.25, -0.2) is 0 Å². The first-order chi connectivity index (χ1) is 8.63. The van der Waals surface area contributed by atoms with Gasteiger partial charge in [0.05, 0.1) is 24.4 Å². The minimum Gasteiger partial charge on any atom is -0.480 e. The second-order valence-corrected chi connectivity index (χ2v) is 4.21. The lowest BCUT2D eigenvalue weighted by atomic mass is 10.2. The van der Waals surface area contributed by atoms with Crippen LogP contribution in [0.4, 0.5) is 5.69 Å². The summed E-state index contributed by atoms with van der Waals surface area (Å²) in [6.45, 7) is 0.496. The zero-order chi connectivity index (χ0) is 13.0. The van der Waals surface area contributed by atoms with Crippen LogP contribution in [0.15, 0.2) is 12.4 Å². The van der Waals surface area contributed by atoms with E-state index >= 15 is 0 Å². The third-order valence-electron chi connectivity index (χ3n) is 2.65. The van der Waals surface area contributed by atoms with Crippen LogP contribution in [0.1, 0.15) is 19.3 Å². The average molecular weight is 253 g/mol. The Hall–Kier alpha value is -1.89. The van der Waals surface area contributed by atoms with E-state index in [1.165, 1.54) is 17.1 Å². The maximum Gasteiger partial charge on any atom is 0.325 e. The third-order valence-corrected chi connectivity index (χ3v) is 2.65. The Bertz CT molecular complexity index is 437. The Kier molecular flexibility index (Phi) is 3.93. The molecule has 2 rings (SSSR count). The van der Waals surface area contributed by atoms with Gasteiger partial charge in [0.15, 0.2) is 0 Å². The van der Waals surface area contributed by atoms with Crippen LogP contribution in [0.5, 0.6) is 0 Å². The van der Waals surface area contributed by atoms with Crippen molar-refractivity contribution in [1.29, 1.82) is 0 Å². The summed E-state index contributed by atoms with van der Waals surface area (Å²) in [6.07, 6.45) is 5.14. The van der Waals surface area contributed by atoms with E-state index in [1.54, 1.807) is 0 Å². The predicted octanol–water partition coefficient (Wildman–Crippen LogP) is 0.475. The highest BCUT2D eigenvalue weighted by atomic mass is 16.5. The zero-order valence-corrected chi connectivity index (χ0v) is 9.83. The van der Waals surface area contributed by atoms with Crippen molar-refractivity contribution >= 4 is 17.6 Å². The van der Waals surface area contributed by atoms with Crippen LogP contribution in [-0.4, -0.2) is 39.5 Å². The van der Waals surface area contributed by atoms with Gasteiger partial charge in [0, 0.05) is 12.8 Å². The van der Waals surface area contributed by atoms with Crippen LogP contribution in [0.2, 0.25) is 0 Å². The van der Waals surface area contributed by atoms with E-state index < -0.39 is 5.97 Å². The molecule has 0 aromatic carbocycles. The molecule has 1 aliphatic rings. The molecule has 2 heterocycles. The van der Waals surface area contributed by atoms with E-state index in [0.717, 1.165) is 12.8 Å². The van der Waals surface area contributed by atoms with Gasteiger partial charge >= 0.3 is 5.97 Å². The third kappa shape index (κ3) is 3.56. The topological polar surface area (TPSA) is 93.5 Å². The summed E-state index contributed by atoms with van der Waals surface area (Å²) in [5.74, 6) is -1.12. The lowest BCUT2D eigenvalue weighted by Gasteiger charge is -2.08. The van der Waals surface area contributed by atoms with Crippen LogP contribution in [0.3, 0.4) is 0 Å². The van der Waals surface area contributed by atoms with Crippen LogP contribution in [0, 0.1) is 0 Å². The van der Waals surface area contributed by atoms with Gasteiger partial charge in [0.25, 0.3) is 0 Å². The van der Waals surface area contributed by atoms with Crippen LogP contribution in [0.25, 0.3) is 0 Å². The van der Waals surface area contributed by atoms with Gasteiger partial charge in [-0.3, -0.25) is 14.3 Å². The summed E-state index contributed by atoms with van der Waals surface area (Å²) in [5.41, 5.74) is 0.499. The summed E-state index contributed by atoms with van der Waals surface area (Å²) in [4.78, 5) is 22.1. The number of hydrogen-bond donors (Lipinski definition) is 2. The van der Waals surface area contributed by atoms with Crippen LogP contribution >= 0.6 is 0 Å². The quantitative estimate of drug-likeness (QED) is 0.795. The summed E-state index contributed by atoms with van der Waals surface area (Å²) in [7, 11) is 0. The number of amides is 1. The molecule has 0 saturated carbocycles. The first kappa shape index (κ1) is 12.6. The molecular weight excluding hydrogens is 238 g/mol. The summed E-state index contributed by atoms with van der Waals surface area (Å²) < 4.78 is 6.61. The Morgan fingerprint density at radius 2 is 2.44 bits per heavy atom. The zero-order valence-electron chi connectivity index (χ0n) is 9.83. The lowest BCUT2D eigenvalue weighted by molar-refractivity contribution is -0.137. The number of anilines is 1. The van der Waals surface area contributed by atoms with Gasteiger partial charge in [0.2, 0.25) is 5.91 Å². The Balaban J connectivity index is 1.82. The van der Waals surface area contributed by atoms with E-state index in [4.69, 9.17) is 9.84 Å². The monoisotopic (exact) mass is 253 g/mol. The highest BCUT2D eigenvalue weighted by molar-refractivity contribution is 5.90. The molecule has 7 heteroatoms. The molecule has 1 aromatic rings. The van der Waals surface area contributed by atoms with Crippen LogP contribution < -0.4 is 5.32 Å². The van der Waals surface area contributed by atoms with E-state index in [1.807, 2.05) is 0 Å². The number of nitrogens with one attached hydrogen (secondary N) is 1. The number of carbonyl (C=O) groups excluding carboxylic acids is 1.